The SMILES string of the molecule is Cc1ccc(NC(=O)c2cc(NCc3ccc4c(c3)OCO4)ncn2)c(C)c1. The van der Waals surface area contributed by atoms with Crippen molar-refractivity contribution < 1.29 is 14.3 Å². The van der Waals surface area contributed by atoms with Gasteiger partial charge in [-0.25, -0.2) is 9.97 Å². The molecule has 4 rings (SSSR count). The van der Waals surface area contributed by atoms with E-state index in [1.54, 1.807) is 6.07 Å². The Labute approximate surface area is 162 Å². The molecule has 0 saturated heterocycles. The third-order valence-corrected chi connectivity index (χ3v) is 4.44. The first kappa shape index (κ1) is 17.8. The van der Waals surface area contributed by atoms with Gasteiger partial charge in [0.05, 0.1) is 0 Å². The molecule has 7 nitrogen and oxygen atoms in total. The number of hydrogen-bond donors (Lipinski definition) is 2. The van der Waals surface area contributed by atoms with Crippen molar-refractivity contribution in [1.82, 2.24) is 9.97 Å². The molecule has 7 heteroatoms. The van der Waals surface area contributed by atoms with Crippen LogP contribution in [0.3, 0.4) is 0 Å². The molecular formula is C21H20N4O3. The molecule has 2 heterocycles. The molecule has 1 aliphatic rings. The molecule has 0 fully saturated rings. The summed E-state index contributed by atoms with van der Waals surface area (Å²) in [5.74, 6) is 1.77. The fourth-order valence-corrected chi connectivity index (χ4v) is 2.96. The second-order valence-electron chi connectivity index (χ2n) is 6.60. The Morgan fingerprint density at radius 3 is 2.75 bits per heavy atom. The van der Waals surface area contributed by atoms with Crippen LogP contribution < -0.4 is 20.1 Å². The normalized spacial score (nSPS) is 11.9. The smallest absolute Gasteiger partial charge is 0.274 e. The quantitative estimate of drug-likeness (QED) is 0.706. The van der Waals surface area contributed by atoms with E-state index in [1.807, 2.05) is 50.2 Å². The molecule has 2 N–H and O–H groups in total. The summed E-state index contributed by atoms with van der Waals surface area (Å²) in [6.07, 6.45) is 1.37. The molecule has 0 unspecified atom stereocenters. The first-order valence-corrected chi connectivity index (χ1v) is 8.91. The predicted molar refractivity (Wildman–Crippen MR) is 106 cm³/mol. The van der Waals surface area contributed by atoms with Crippen molar-refractivity contribution in [3.05, 3.63) is 71.2 Å². The Kier molecular flexibility index (Phi) is 4.80. The van der Waals surface area contributed by atoms with Crippen LogP contribution in [0.25, 0.3) is 0 Å². The maximum absolute atomic E-state index is 12.5. The van der Waals surface area contributed by atoms with Crippen molar-refractivity contribution in [2.24, 2.45) is 0 Å². The van der Waals surface area contributed by atoms with Gasteiger partial charge in [0.25, 0.3) is 5.91 Å². The summed E-state index contributed by atoms with van der Waals surface area (Å²) < 4.78 is 10.7. The minimum atomic E-state index is -0.277. The standard InChI is InChI=1S/C21H20N4O3/c1-13-3-5-16(14(2)7-13)25-21(26)17-9-20(24-11-23-17)22-10-15-4-6-18-19(8-15)28-12-27-18/h3-9,11H,10,12H2,1-2H3,(H,25,26)(H,22,23,24). The van der Waals surface area contributed by atoms with Gasteiger partial charge in [-0.1, -0.05) is 23.8 Å². The van der Waals surface area contributed by atoms with Crippen molar-refractivity contribution >= 4 is 17.4 Å². The van der Waals surface area contributed by atoms with Crippen LogP contribution in [0, 0.1) is 13.8 Å². The Morgan fingerprint density at radius 1 is 1.04 bits per heavy atom. The Balaban J connectivity index is 1.43. The molecule has 0 radical (unpaired) electrons. The van der Waals surface area contributed by atoms with Crippen molar-refractivity contribution in [2.75, 3.05) is 17.4 Å². The third kappa shape index (κ3) is 3.88. The van der Waals surface area contributed by atoms with Crippen LogP contribution in [-0.2, 0) is 6.54 Å². The monoisotopic (exact) mass is 376 g/mol. The zero-order chi connectivity index (χ0) is 19.5. The van der Waals surface area contributed by atoms with Crippen LogP contribution in [0.15, 0.2) is 48.8 Å². The van der Waals surface area contributed by atoms with Crippen LogP contribution in [0.5, 0.6) is 11.5 Å². The molecule has 142 valence electrons. The number of nitrogens with zero attached hydrogens (tertiary/aromatic N) is 2. The fourth-order valence-electron chi connectivity index (χ4n) is 2.96. The summed E-state index contributed by atoms with van der Waals surface area (Å²) in [5.41, 5.74) is 4.23. The number of ether oxygens (including phenoxy) is 2. The summed E-state index contributed by atoms with van der Waals surface area (Å²) >= 11 is 0. The molecule has 1 aliphatic heterocycles. The zero-order valence-corrected chi connectivity index (χ0v) is 15.7. The van der Waals surface area contributed by atoms with Crippen LogP contribution in [0.4, 0.5) is 11.5 Å². The highest BCUT2D eigenvalue weighted by Crippen LogP contribution is 2.32. The highest BCUT2D eigenvalue weighted by molar-refractivity contribution is 6.03. The van der Waals surface area contributed by atoms with Crippen LogP contribution >= 0.6 is 0 Å². The molecule has 0 atom stereocenters. The Morgan fingerprint density at radius 2 is 1.89 bits per heavy atom. The Bertz CT molecular complexity index is 1040. The van der Waals surface area contributed by atoms with E-state index in [1.165, 1.54) is 6.33 Å². The third-order valence-electron chi connectivity index (χ3n) is 4.44. The minimum absolute atomic E-state index is 0.247. The lowest BCUT2D eigenvalue weighted by atomic mass is 10.1. The van der Waals surface area contributed by atoms with Gasteiger partial charge in [-0.2, -0.15) is 0 Å². The average Bonchev–Trinajstić information content (AvgIpc) is 3.16. The zero-order valence-electron chi connectivity index (χ0n) is 15.7. The average molecular weight is 376 g/mol. The second kappa shape index (κ2) is 7.56. The molecule has 2 aromatic carbocycles. The van der Waals surface area contributed by atoms with Crippen LogP contribution in [0.2, 0.25) is 0 Å². The van der Waals surface area contributed by atoms with Gasteiger partial charge in [0.15, 0.2) is 11.5 Å². The van der Waals surface area contributed by atoms with E-state index in [2.05, 4.69) is 20.6 Å². The lowest BCUT2D eigenvalue weighted by Crippen LogP contribution is -2.15. The second-order valence-corrected chi connectivity index (χ2v) is 6.60. The summed E-state index contributed by atoms with van der Waals surface area (Å²) in [7, 11) is 0. The van der Waals surface area contributed by atoms with Gasteiger partial charge in [0, 0.05) is 18.3 Å². The maximum atomic E-state index is 12.5. The first-order valence-electron chi connectivity index (χ1n) is 8.91. The lowest BCUT2D eigenvalue weighted by Gasteiger charge is -2.10. The molecular weight excluding hydrogens is 356 g/mol. The van der Waals surface area contributed by atoms with Crippen molar-refractivity contribution in [2.45, 2.75) is 20.4 Å². The molecule has 1 amide bonds. The van der Waals surface area contributed by atoms with Crippen molar-refractivity contribution in [1.29, 1.82) is 0 Å². The summed E-state index contributed by atoms with van der Waals surface area (Å²) in [6, 6.07) is 13.3. The Hall–Kier alpha value is -3.61. The van der Waals surface area contributed by atoms with Gasteiger partial charge in [-0.15, -0.1) is 0 Å². The number of benzene rings is 2. The van der Waals surface area contributed by atoms with E-state index in [9.17, 15) is 4.79 Å². The van der Waals surface area contributed by atoms with Gasteiger partial charge in [-0.05, 0) is 43.2 Å². The number of anilines is 2. The predicted octanol–water partition coefficient (Wildman–Crippen LogP) is 3.69. The van der Waals surface area contributed by atoms with E-state index >= 15 is 0 Å². The molecule has 1 aromatic heterocycles. The summed E-state index contributed by atoms with van der Waals surface area (Å²) in [5, 5.41) is 6.10. The number of carbonyl (C=O) groups is 1. The molecule has 0 bridgehead atoms. The molecule has 0 aliphatic carbocycles. The summed E-state index contributed by atoms with van der Waals surface area (Å²) in [6.45, 7) is 4.75. The molecule has 0 spiro atoms. The largest absolute Gasteiger partial charge is 0.454 e. The highest BCUT2D eigenvalue weighted by atomic mass is 16.7. The van der Waals surface area contributed by atoms with Gasteiger partial charge >= 0.3 is 0 Å². The van der Waals surface area contributed by atoms with E-state index in [0.29, 0.717) is 18.1 Å². The van der Waals surface area contributed by atoms with E-state index in [4.69, 9.17) is 9.47 Å². The minimum Gasteiger partial charge on any atom is -0.454 e. The first-order chi connectivity index (χ1) is 13.6. The number of nitrogens with one attached hydrogen (secondary N) is 2. The van der Waals surface area contributed by atoms with Crippen molar-refractivity contribution in [3.63, 3.8) is 0 Å². The van der Waals surface area contributed by atoms with E-state index < -0.39 is 0 Å². The number of aromatic nitrogens is 2. The lowest BCUT2D eigenvalue weighted by molar-refractivity contribution is 0.102. The van der Waals surface area contributed by atoms with E-state index in [-0.39, 0.29) is 12.7 Å². The van der Waals surface area contributed by atoms with Gasteiger partial charge in [-0.3, -0.25) is 4.79 Å². The number of rotatable bonds is 5. The molecule has 28 heavy (non-hydrogen) atoms. The fraction of sp³-hybridized carbons (Fsp3) is 0.190. The van der Waals surface area contributed by atoms with Gasteiger partial charge in [0.1, 0.15) is 17.8 Å². The summed E-state index contributed by atoms with van der Waals surface area (Å²) in [4.78, 5) is 20.8. The number of hydrogen-bond acceptors (Lipinski definition) is 6. The highest BCUT2D eigenvalue weighted by Gasteiger charge is 2.14. The van der Waals surface area contributed by atoms with Crippen molar-refractivity contribution in [3.8, 4) is 11.5 Å². The van der Waals surface area contributed by atoms with Crippen LogP contribution in [0.1, 0.15) is 27.2 Å². The maximum Gasteiger partial charge on any atom is 0.274 e. The molecule has 3 aromatic rings. The number of aryl methyl sites for hydroxylation is 2. The van der Waals surface area contributed by atoms with Crippen LogP contribution in [-0.4, -0.2) is 22.7 Å². The number of fused-ring (bicyclic) bond motifs is 1. The number of carbonyl (C=O) groups excluding carboxylic acids is 1. The molecule has 0 saturated carbocycles. The topological polar surface area (TPSA) is 85.4 Å². The van der Waals surface area contributed by atoms with Gasteiger partial charge < -0.3 is 20.1 Å². The number of amides is 1. The van der Waals surface area contributed by atoms with E-state index in [0.717, 1.165) is 33.9 Å². The van der Waals surface area contributed by atoms with Gasteiger partial charge in [0.2, 0.25) is 6.79 Å².